The molecular weight excluding hydrogens is 248 g/mol. The summed E-state index contributed by atoms with van der Waals surface area (Å²) in [5.74, 6) is 0.265. The fraction of sp³-hybridized carbons (Fsp3) is 0.286. The van der Waals surface area contributed by atoms with Gasteiger partial charge in [0.2, 0.25) is 5.95 Å². The highest BCUT2D eigenvalue weighted by molar-refractivity contribution is 9.10. The van der Waals surface area contributed by atoms with E-state index in [2.05, 4.69) is 31.1 Å². The van der Waals surface area contributed by atoms with Crippen molar-refractivity contribution in [3.05, 3.63) is 22.7 Å². The molecule has 0 fully saturated rings. The number of anilines is 1. The first-order valence-corrected chi connectivity index (χ1v) is 4.78. The quantitative estimate of drug-likeness (QED) is 0.845. The van der Waals surface area contributed by atoms with Gasteiger partial charge in [-0.1, -0.05) is 0 Å². The Morgan fingerprint density at radius 3 is 2.86 bits per heavy atom. The molecule has 74 valence electrons. The van der Waals surface area contributed by atoms with E-state index >= 15 is 0 Å². The number of aromatic nitrogens is 5. The second kappa shape index (κ2) is 3.41. The molecule has 6 nitrogen and oxygen atoms in total. The molecule has 0 saturated carbocycles. The molecule has 0 aliphatic rings. The summed E-state index contributed by atoms with van der Waals surface area (Å²) in [6.07, 6.45) is 3.70. The summed E-state index contributed by atoms with van der Waals surface area (Å²) in [6.45, 7) is 0.610. The van der Waals surface area contributed by atoms with E-state index in [9.17, 15) is 0 Å². The van der Waals surface area contributed by atoms with Gasteiger partial charge in [0.05, 0.1) is 12.7 Å². The Morgan fingerprint density at radius 2 is 2.36 bits per heavy atom. The summed E-state index contributed by atoms with van der Waals surface area (Å²) in [5.41, 5.74) is 6.50. The molecule has 0 unspecified atom stereocenters. The fourth-order valence-electron chi connectivity index (χ4n) is 1.17. The van der Waals surface area contributed by atoms with Crippen LogP contribution in [-0.2, 0) is 13.6 Å². The van der Waals surface area contributed by atoms with Gasteiger partial charge in [0.15, 0.2) is 4.73 Å². The van der Waals surface area contributed by atoms with Gasteiger partial charge in [-0.25, -0.2) is 4.68 Å². The largest absolute Gasteiger partial charge is 0.366 e. The summed E-state index contributed by atoms with van der Waals surface area (Å²) in [6, 6.07) is 0. The van der Waals surface area contributed by atoms with Crippen LogP contribution in [0.15, 0.2) is 17.1 Å². The highest BCUT2D eigenvalue weighted by Crippen LogP contribution is 2.10. The highest BCUT2D eigenvalue weighted by Gasteiger charge is 2.05. The molecule has 0 aliphatic heterocycles. The molecule has 14 heavy (non-hydrogen) atoms. The first-order valence-electron chi connectivity index (χ1n) is 3.98. The van der Waals surface area contributed by atoms with Gasteiger partial charge in [-0.2, -0.15) is 10.1 Å². The van der Waals surface area contributed by atoms with Crippen LogP contribution in [0.5, 0.6) is 0 Å². The molecule has 0 aromatic carbocycles. The Labute approximate surface area is 88.9 Å². The zero-order valence-corrected chi connectivity index (χ0v) is 9.14. The Balaban J connectivity index is 2.22. The smallest absolute Gasteiger partial charge is 0.240 e. The van der Waals surface area contributed by atoms with Crippen LogP contribution in [0.4, 0.5) is 5.95 Å². The number of nitrogens with two attached hydrogens (primary N) is 1. The zero-order valence-electron chi connectivity index (χ0n) is 7.55. The Morgan fingerprint density at radius 1 is 1.57 bits per heavy atom. The predicted molar refractivity (Wildman–Crippen MR) is 54.4 cm³/mol. The van der Waals surface area contributed by atoms with Gasteiger partial charge >= 0.3 is 0 Å². The van der Waals surface area contributed by atoms with Gasteiger partial charge in [0.1, 0.15) is 0 Å². The van der Waals surface area contributed by atoms with Crippen molar-refractivity contribution in [3.8, 4) is 0 Å². The first kappa shape index (κ1) is 9.20. The monoisotopic (exact) mass is 256 g/mol. The second-order valence-corrected chi connectivity index (χ2v) is 3.63. The first-order chi connectivity index (χ1) is 6.65. The second-order valence-electron chi connectivity index (χ2n) is 2.92. The van der Waals surface area contributed by atoms with E-state index in [1.54, 1.807) is 15.6 Å². The molecule has 2 rings (SSSR count). The van der Waals surface area contributed by atoms with Crippen LogP contribution in [0.1, 0.15) is 5.56 Å². The van der Waals surface area contributed by atoms with Crippen LogP contribution < -0.4 is 5.73 Å². The summed E-state index contributed by atoms with van der Waals surface area (Å²) < 4.78 is 4.04. The van der Waals surface area contributed by atoms with Crippen molar-refractivity contribution in [3.63, 3.8) is 0 Å². The van der Waals surface area contributed by atoms with Crippen LogP contribution in [-0.4, -0.2) is 24.5 Å². The number of rotatable bonds is 2. The third kappa shape index (κ3) is 1.77. The number of halogens is 1. The van der Waals surface area contributed by atoms with E-state index in [0.717, 1.165) is 5.56 Å². The average Bonchev–Trinajstić information content (AvgIpc) is 2.61. The molecule has 0 radical (unpaired) electrons. The molecule has 2 aromatic rings. The van der Waals surface area contributed by atoms with Crippen molar-refractivity contribution < 1.29 is 0 Å². The maximum Gasteiger partial charge on any atom is 0.240 e. The maximum atomic E-state index is 5.44. The molecule has 0 amide bonds. The minimum atomic E-state index is 0.265. The van der Waals surface area contributed by atoms with Gasteiger partial charge in [-0.3, -0.25) is 4.68 Å². The topological polar surface area (TPSA) is 74.5 Å². The lowest BCUT2D eigenvalue weighted by Gasteiger charge is -1.97. The van der Waals surface area contributed by atoms with Crippen molar-refractivity contribution in [1.82, 2.24) is 24.5 Å². The van der Waals surface area contributed by atoms with Crippen molar-refractivity contribution in [2.24, 2.45) is 7.05 Å². The van der Waals surface area contributed by atoms with E-state index in [-0.39, 0.29) is 5.95 Å². The number of nitrogens with zero attached hydrogens (tertiary/aromatic N) is 5. The third-order valence-corrected chi connectivity index (χ3v) is 2.32. The molecule has 0 atom stereocenters. The number of nitrogen functional groups attached to an aromatic ring is 1. The summed E-state index contributed by atoms with van der Waals surface area (Å²) >= 11 is 3.26. The van der Waals surface area contributed by atoms with Crippen LogP contribution in [0.2, 0.25) is 0 Å². The maximum absolute atomic E-state index is 5.44. The standard InChI is InChI=1S/C7H9BrN6/c1-13-3-5(2-10-13)4-14-6(8)11-7(9)12-14/h2-3H,4H2,1H3,(H2,9,12). The zero-order chi connectivity index (χ0) is 10.1. The van der Waals surface area contributed by atoms with E-state index in [4.69, 9.17) is 5.73 Å². The Hall–Kier alpha value is -1.37. The van der Waals surface area contributed by atoms with Gasteiger partial charge < -0.3 is 5.73 Å². The molecule has 0 spiro atoms. The summed E-state index contributed by atoms with van der Waals surface area (Å²) in [4.78, 5) is 3.93. The molecule has 0 aliphatic carbocycles. The highest BCUT2D eigenvalue weighted by atomic mass is 79.9. The Kier molecular flexibility index (Phi) is 2.24. The van der Waals surface area contributed by atoms with E-state index in [0.29, 0.717) is 11.3 Å². The molecule has 0 bridgehead atoms. The molecule has 0 saturated heterocycles. The van der Waals surface area contributed by atoms with Gasteiger partial charge in [-0.05, 0) is 15.9 Å². The van der Waals surface area contributed by atoms with Crippen LogP contribution in [0, 0.1) is 0 Å². The van der Waals surface area contributed by atoms with Crippen molar-refractivity contribution in [1.29, 1.82) is 0 Å². The van der Waals surface area contributed by atoms with E-state index < -0.39 is 0 Å². The minimum Gasteiger partial charge on any atom is -0.366 e. The predicted octanol–water partition coefficient (Wildman–Crippen LogP) is 0.405. The van der Waals surface area contributed by atoms with E-state index in [1.165, 1.54) is 0 Å². The lowest BCUT2D eigenvalue weighted by molar-refractivity contribution is 0.669. The minimum absolute atomic E-state index is 0.265. The molecule has 2 aromatic heterocycles. The van der Waals surface area contributed by atoms with E-state index in [1.807, 2.05) is 13.2 Å². The van der Waals surface area contributed by atoms with Crippen molar-refractivity contribution in [2.45, 2.75) is 6.54 Å². The lowest BCUT2D eigenvalue weighted by Crippen LogP contribution is -2.01. The van der Waals surface area contributed by atoms with Crippen LogP contribution in [0.3, 0.4) is 0 Å². The lowest BCUT2D eigenvalue weighted by atomic mass is 10.4. The van der Waals surface area contributed by atoms with Crippen LogP contribution in [0.25, 0.3) is 0 Å². The van der Waals surface area contributed by atoms with Gasteiger partial charge in [-0.15, -0.1) is 5.10 Å². The van der Waals surface area contributed by atoms with Crippen LogP contribution >= 0.6 is 15.9 Å². The molecule has 2 N–H and O–H groups in total. The molecular formula is C7H9BrN6. The SMILES string of the molecule is Cn1cc(Cn2nc(N)nc2Br)cn1. The molecule has 7 heteroatoms. The van der Waals surface area contributed by atoms with Gasteiger partial charge in [0.25, 0.3) is 0 Å². The van der Waals surface area contributed by atoms with Crippen molar-refractivity contribution >= 4 is 21.9 Å². The fourth-order valence-corrected chi connectivity index (χ4v) is 1.55. The molecule has 2 heterocycles. The average molecular weight is 257 g/mol. The number of hydrogen-bond donors (Lipinski definition) is 1. The number of aryl methyl sites for hydroxylation is 1. The third-order valence-electron chi connectivity index (χ3n) is 1.73. The van der Waals surface area contributed by atoms with Gasteiger partial charge in [0, 0.05) is 18.8 Å². The normalized spacial score (nSPS) is 10.7. The summed E-state index contributed by atoms with van der Waals surface area (Å²) in [5, 5.41) is 8.07. The summed E-state index contributed by atoms with van der Waals surface area (Å²) in [7, 11) is 1.87. The Bertz CT molecular complexity index is 445. The number of hydrogen-bond acceptors (Lipinski definition) is 4. The van der Waals surface area contributed by atoms with Crippen molar-refractivity contribution in [2.75, 3.05) is 5.73 Å².